The number of rotatable bonds is 2. The van der Waals surface area contributed by atoms with E-state index in [1.54, 1.807) is 0 Å². The lowest BCUT2D eigenvalue weighted by Crippen LogP contribution is -2.27. The zero-order valence-corrected chi connectivity index (χ0v) is 10.2. The average Bonchev–Trinajstić information content (AvgIpc) is 2.88. The highest BCUT2D eigenvalue weighted by Crippen LogP contribution is 2.33. The summed E-state index contributed by atoms with van der Waals surface area (Å²) >= 11 is 0. The molecule has 2 unspecified atom stereocenters. The molecule has 84 valence electrons. The topological polar surface area (TPSA) is 56.1 Å². The molecule has 1 saturated carbocycles. The van der Waals surface area contributed by atoms with Crippen LogP contribution in [0.3, 0.4) is 0 Å². The molecule has 2 atom stereocenters. The predicted molar refractivity (Wildman–Crippen MR) is 61.8 cm³/mol. The molecule has 1 heterocycles. The molecule has 2 fully saturated rings. The van der Waals surface area contributed by atoms with Crippen LogP contribution in [-0.4, -0.2) is 29.7 Å². The van der Waals surface area contributed by atoms with E-state index in [2.05, 4.69) is 26.3 Å². The van der Waals surface area contributed by atoms with E-state index in [-0.39, 0.29) is 0 Å². The first-order valence-electron chi connectivity index (χ1n) is 5.24. The minimum Gasteiger partial charge on any atom is -0.340 e. The highest BCUT2D eigenvalue weighted by atomic mass is 31.0. The fraction of sp³-hybridized carbons (Fsp3) is 0.800. The third-order valence-electron chi connectivity index (χ3n) is 2.75. The van der Waals surface area contributed by atoms with Crippen molar-refractivity contribution in [3.8, 4) is 6.07 Å². The molecule has 2 rings (SSSR count). The van der Waals surface area contributed by atoms with Gasteiger partial charge in [-0.05, 0) is 25.2 Å². The zero-order valence-electron chi connectivity index (χ0n) is 9.07. The third-order valence-corrected chi connectivity index (χ3v) is 3.22. The largest absolute Gasteiger partial charge is 0.340 e. The monoisotopic (exact) mass is 227 g/mol. The highest BCUT2D eigenvalue weighted by Gasteiger charge is 2.42. The van der Waals surface area contributed by atoms with Crippen molar-refractivity contribution in [2.45, 2.75) is 31.7 Å². The highest BCUT2D eigenvalue weighted by molar-refractivity contribution is 7.13. The second-order valence-electron chi connectivity index (χ2n) is 4.34. The summed E-state index contributed by atoms with van der Waals surface area (Å²) in [5, 5.41) is 10.8. The van der Waals surface area contributed by atoms with Crippen molar-refractivity contribution in [3.05, 3.63) is 0 Å². The van der Waals surface area contributed by atoms with Crippen molar-refractivity contribution in [1.29, 1.82) is 5.26 Å². The van der Waals surface area contributed by atoms with Gasteiger partial charge in [-0.2, -0.15) is 5.26 Å². The fourth-order valence-electron chi connectivity index (χ4n) is 1.50. The molecule has 0 bridgehead atoms. The third kappa shape index (κ3) is 4.15. The fourth-order valence-corrected chi connectivity index (χ4v) is 2.00. The van der Waals surface area contributed by atoms with Crippen LogP contribution in [0.25, 0.3) is 0 Å². The maximum absolute atomic E-state index is 9.76. The summed E-state index contributed by atoms with van der Waals surface area (Å²) in [6.45, 7) is 4.83. The van der Waals surface area contributed by atoms with Crippen LogP contribution in [0.4, 0.5) is 0 Å². The minimum atomic E-state index is -0.470. The van der Waals surface area contributed by atoms with E-state index in [0.717, 1.165) is 18.8 Å². The van der Waals surface area contributed by atoms with Gasteiger partial charge in [-0.3, -0.25) is 9.46 Å². The van der Waals surface area contributed by atoms with Gasteiger partial charge in [0.15, 0.2) is 0 Å². The summed E-state index contributed by atoms with van der Waals surface area (Å²) in [4.78, 5) is 9.76. The maximum atomic E-state index is 9.76. The van der Waals surface area contributed by atoms with E-state index in [0.29, 0.717) is 6.41 Å². The molecule has 1 aliphatic heterocycles. The van der Waals surface area contributed by atoms with E-state index in [9.17, 15) is 4.79 Å². The molecule has 15 heavy (non-hydrogen) atoms. The molecule has 5 heteroatoms. The number of nitriles is 1. The van der Waals surface area contributed by atoms with E-state index in [1.165, 1.54) is 19.5 Å². The molecule has 1 N–H and O–H groups in total. The van der Waals surface area contributed by atoms with Gasteiger partial charge in [0.25, 0.3) is 0 Å². The van der Waals surface area contributed by atoms with E-state index in [4.69, 9.17) is 5.26 Å². The summed E-state index contributed by atoms with van der Waals surface area (Å²) in [5.74, 6) is 0.928. The van der Waals surface area contributed by atoms with Crippen LogP contribution < -0.4 is 5.32 Å². The lowest BCUT2D eigenvalue weighted by atomic mass is 10.2. The van der Waals surface area contributed by atoms with Crippen LogP contribution in [0.5, 0.6) is 0 Å². The summed E-state index contributed by atoms with van der Waals surface area (Å²) in [7, 11) is 2.73. The van der Waals surface area contributed by atoms with Gasteiger partial charge < -0.3 is 5.32 Å². The van der Waals surface area contributed by atoms with Crippen molar-refractivity contribution in [3.63, 3.8) is 0 Å². The summed E-state index contributed by atoms with van der Waals surface area (Å²) in [6, 6.07) is 2.01. The standard InChI is InChI=1S/C5H6N2O.C5H12NP/c6-3-5(1-2-5)7-4-8;1-5-2-3-6(7)4-5/h4H,1-2H2,(H,7,8);5H,2-4,7H2,1H3. The van der Waals surface area contributed by atoms with Gasteiger partial charge in [0.05, 0.1) is 6.07 Å². The molecule has 2 aliphatic rings. The quantitative estimate of drug-likeness (QED) is 0.563. The van der Waals surface area contributed by atoms with Gasteiger partial charge >= 0.3 is 0 Å². The molecule has 0 aromatic rings. The van der Waals surface area contributed by atoms with E-state index >= 15 is 0 Å². The number of nitrogens with one attached hydrogen (secondary N) is 1. The van der Waals surface area contributed by atoms with Crippen LogP contribution in [0.1, 0.15) is 26.2 Å². The van der Waals surface area contributed by atoms with Crippen molar-refractivity contribution >= 4 is 15.8 Å². The number of hydrogen-bond donors (Lipinski definition) is 1. The molecular formula is C10H18N3OP. The normalized spacial score (nSPS) is 27.1. The molecule has 1 aliphatic carbocycles. The Kier molecular flexibility index (Phi) is 4.50. The molecule has 1 saturated heterocycles. The number of nitrogens with zero attached hydrogens (tertiary/aromatic N) is 2. The van der Waals surface area contributed by atoms with Crippen LogP contribution in [0.15, 0.2) is 0 Å². The van der Waals surface area contributed by atoms with Gasteiger partial charge in [0.2, 0.25) is 6.41 Å². The van der Waals surface area contributed by atoms with Gasteiger partial charge in [-0.1, -0.05) is 16.3 Å². The lowest BCUT2D eigenvalue weighted by Gasteiger charge is -2.03. The van der Waals surface area contributed by atoms with Gasteiger partial charge in [0.1, 0.15) is 5.54 Å². The Hall–Kier alpha value is -0.650. The Bertz CT molecular complexity index is 252. The van der Waals surface area contributed by atoms with Gasteiger partial charge in [0, 0.05) is 13.1 Å². The number of carbonyl (C=O) groups excluding carboxylic acids is 1. The van der Waals surface area contributed by atoms with E-state index < -0.39 is 5.54 Å². The molecular weight excluding hydrogens is 209 g/mol. The second kappa shape index (κ2) is 5.44. The molecule has 1 amide bonds. The molecule has 0 spiro atoms. The SMILES string of the molecule is CC1CCN(P)C1.N#CC1(NC=O)CC1. The Morgan fingerprint density at radius 2 is 2.33 bits per heavy atom. The molecule has 0 aromatic carbocycles. The smallest absolute Gasteiger partial charge is 0.208 e. The Morgan fingerprint density at radius 3 is 2.47 bits per heavy atom. The van der Waals surface area contributed by atoms with Gasteiger partial charge in [-0.25, -0.2) is 0 Å². The second-order valence-corrected chi connectivity index (χ2v) is 5.08. The Balaban J connectivity index is 0.000000151. The Morgan fingerprint density at radius 1 is 1.67 bits per heavy atom. The summed E-state index contributed by atoms with van der Waals surface area (Å²) in [5.41, 5.74) is -0.470. The van der Waals surface area contributed by atoms with Crippen LogP contribution in [0, 0.1) is 17.2 Å². The first-order chi connectivity index (χ1) is 7.12. The first-order valence-corrected chi connectivity index (χ1v) is 5.76. The average molecular weight is 227 g/mol. The van der Waals surface area contributed by atoms with E-state index in [1.807, 2.05) is 6.07 Å². The number of hydrogen-bond acceptors (Lipinski definition) is 3. The predicted octanol–water partition coefficient (Wildman–Crippen LogP) is 0.907. The van der Waals surface area contributed by atoms with Crippen molar-refractivity contribution < 1.29 is 4.79 Å². The lowest BCUT2D eigenvalue weighted by molar-refractivity contribution is -0.110. The maximum Gasteiger partial charge on any atom is 0.208 e. The van der Waals surface area contributed by atoms with Crippen LogP contribution in [-0.2, 0) is 4.79 Å². The van der Waals surface area contributed by atoms with Crippen molar-refractivity contribution in [1.82, 2.24) is 9.99 Å². The number of amides is 1. The first kappa shape index (κ1) is 12.4. The molecule has 4 nitrogen and oxygen atoms in total. The van der Waals surface area contributed by atoms with Crippen LogP contribution in [0.2, 0.25) is 0 Å². The van der Waals surface area contributed by atoms with Gasteiger partial charge in [-0.15, -0.1) is 0 Å². The summed E-state index contributed by atoms with van der Waals surface area (Å²) in [6.07, 6.45) is 3.57. The molecule has 0 aromatic heterocycles. The van der Waals surface area contributed by atoms with Crippen molar-refractivity contribution in [2.24, 2.45) is 5.92 Å². The molecule has 0 radical (unpaired) electrons. The zero-order chi connectivity index (χ0) is 11.3. The number of carbonyl (C=O) groups is 1. The minimum absolute atomic E-state index is 0.470. The Labute approximate surface area is 93.3 Å². The van der Waals surface area contributed by atoms with Crippen molar-refractivity contribution in [2.75, 3.05) is 13.1 Å². The summed E-state index contributed by atoms with van der Waals surface area (Å²) < 4.78 is 2.30. The van der Waals surface area contributed by atoms with Crippen LogP contribution >= 0.6 is 9.39 Å².